The second-order valence-corrected chi connectivity index (χ2v) is 8.71. The Balaban J connectivity index is 1.58. The Morgan fingerprint density at radius 2 is 2.31 bits per heavy atom. The van der Waals surface area contributed by atoms with Crippen molar-refractivity contribution in [2.24, 2.45) is 0 Å². The van der Waals surface area contributed by atoms with E-state index in [1.165, 1.54) is 0 Å². The molecule has 26 heavy (non-hydrogen) atoms. The molecule has 0 saturated heterocycles. The minimum Gasteiger partial charge on any atom is -0.493 e. The molecule has 0 amide bonds. The van der Waals surface area contributed by atoms with Gasteiger partial charge in [-0.05, 0) is 19.1 Å². The fourth-order valence-electron chi connectivity index (χ4n) is 3.20. The van der Waals surface area contributed by atoms with Crippen LogP contribution in [0.3, 0.4) is 0 Å². The van der Waals surface area contributed by atoms with Crippen molar-refractivity contribution in [2.75, 3.05) is 13.7 Å². The third-order valence-electron chi connectivity index (χ3n) is 4.52. The Hall–Kier alpha value is -2.03. The Bertz CT molecular complexity index is 845. The molecule has 2 atom stereocenters. The predicted molar refractivity (Wildman–Crippen MR) is 104 cm³/mol. The lowest BCUT2D eigenvalue weighted by Crippen LogP contribution is -2.33. The van der Waals surface area contributed by atoms with Crippen LogP contribution in [0, 0.1) is 6.92 Å². The molecule has 2 aromatic heterocycles. The number of nitrogens with zero attached hydrogens (tertiary/aromatic N) is 3. The van der Waals surface area contributed by atoms with Crippen LogP contribution < -0.4 is 0 Å². The molecule has 3 heterocycles. The number of allylic oxidation sites excluding steroid dienone is 2. The molecule has 0 saturated carbocycles. The third-order valence-corrected chi connectivity index (χ3v) is 5.55. The van der Waals surface area contributed by atoms with Gasteiger partial charge in [0.2, 0.25) is 0 Å². The summed E-state index contributed by atoms with van der Waals surface area (Å²) in [6.07, 6.45) is 10.1. The average Bonchev–Trinajstić information content (AvgIpc) is 3.13. The topological polar surface area (TPSA) is 58.4 Å². The van der Waals surface area contributed by atoms with Crippen LogP contribution in [0.1, 0.15) is 23.8 Å². The molecule has 0 fully saturated rings. The number of methoxy groups -OCH3 is 1. The number of imidazole rings is 1. The number of hydrogen-bond donors (Lipinski definition) is 0. The lowest BCUT2D eigenvalue weighted by molar-refractivity contribution is -0.0171. The minimum absolute atomic E-state index is 0.162. The number of hydrogen-bond acceptors (Lipinski definition) is 5. The highest BCUT2D eigenvalue weighted by Gasteiger charge is 2.39. The maximum atomic E-state index is 6.25. The van der Waals surface area contributed by atoms with Crippen molar-refractivity contribution < 1.29 is 14.2 Å². The smallest absolute Gasteiger partial charge is 0.199 e. The van der Waals surface area contributed by atoms with Crippen LogP contribution in [0.2, 0.25) is 0 Å². The molecule has 7 heteroatoms. The molecule has 0 spiro atoms. The van der Waals surface area contributed by atoms with E-state index in [9.17, 15) is 0 Å². The molecule has 6 nitrogen and oxygen atoms in total. The number of alkyl halides is 1. The number of aryl methyl sites for hydroxylation is 1. The van der Waals surface area contributed by atoms with Crippen molar-refractivity contribution in [1.82, 2.24) is 14.5 Å². The number of pyridine rings is 1. The molecular weight excluding hydrogens is 445 g/mol. The third kappa shape index (κ3) is 3.44. The van der Waals surface area contributed by atoms with Gasteiger partial charge in [-0.15, -0.1) is 0 Å². The average molecular weight is 465 g/mol. The standard InChI is InChI=1S/C19H20IN3O3/c1-13-3-4-14(9-22-13)17-10-25-16-8-19(20,11-23-6-5-21-12-23)7-15(24-2)18(16)26-17/h3-7,9,12,17H,8,10-11H2,1-2H3. The molecule has 0 aromatic carbocycles. The van der Waals surface area contributed by atoms with Crippen LogP contribution in [0.5, 0.6) is 0 Å². The van der Waals surface area contributed by atoms with Gasteiger partial charge < -0.3 is 18.8 Å². The van der Waals surface area contributed by atoms with Gasteiger partial charge in [0.25, 0.3) is 0 Å². The summed E-state index contributed by atoms with van der Waals surface area (Å²) in [6, 6.07) is 4.01. The fourth-order valence-corrected chi connectivity index (χ4v) is 4.22. The van der Waals surface area contributed by atoms with Crippen molar-refractivity contribution in [2.45, 2.75) is 29.4 Å². The summed E-state index contributed by atoms with van der Waals surface area (Å²) in [6.45, 7) is 3.22. The first-order valence-corrected chi connectivity index (χ1v) is 9.51. The lowest BCUT2D eigenvalue weighted by atomic mass is 9.96. The van der Waals surface area contributed by atoms with Crippen molar-refractivity contribution in [3.8, 4) is 0 Å². The zero-order valence-electron chi connectivity index (χ0n) is 14.7. The van der Waals surface area contributed by atoms with Crippen molar-refractivity contribution >= 4 is 22.6 Å². The second kappa shape index (κ2) is 6.94. The summed E-state index contributed by atoms with van der Waals surface area (Å²) in [5.74, 6) is 2.25. The molecule has 2 aromatic rings. The van der Waals surface area contributed by atoms with E-state index in [4.69, 9.17) is 14.2 Å². The predicted octanol–water partition coefficient (Wildman–Crippen LogP) is 3.69. The second-order valence-electron chi connectivity index (χ2n) is 6.56. The molecule has 1 aliphatic carbocycles. The van der Waals surface area contributed by atoms with Gasteiger partial charge in [-0.3, -0.25) is 4.98 Å². The summed E-state index contributed by atoms with van der Waals surface area (Å²) in [5, 5.41) is 0. The Morgan fingerprint density at radius 3 is 3.00 bits per heavy atom. The highest BCUT2D eigenvalue weighted by atomic mass is 127. The molecule has 0 bridgehead atoms. The maximum Gasteiger partial charge on any atom is 0.199 e. The molecule has 0 radical (unpaired) electrons. The zero-order valence-corrected chi connectivity index (χ0v) is 16.8. The Labute approximate surface area is 166 Å². The van der Waals surface area contributed by atoms with Crippen LogP contribution in [0.15, 0.2) is 60.4 Å². The summed E-state index contributed by atoms with van der Waals surface area (Å²) < 4.78 is 19.9. The quantitative estimate of drug-likeness (QED) is 0.510. The van der Waals surface area contributed by atoms with Gasteiger partial charge >= 0.3 is 0 Å². The Morgan fingerprint density at radius 1 is 1.42 bits per heavy atom. The molecular formula is C19H20IN3O3. The SMILES string of the molecule is COC1=CC(I)(Cn2ccnc2)CC2=C1OC(c1ccc(C)nc1)CO2. The summed E-state index contributed by atoms with van der Waals surface area (Å²) >= 11 is 2.45. The van der Waals surface area contributed by atoms with Crippen molar-refractivity contribution in [3.05, 3.63) is 71.7 Å². The molecule has 2 unspecified atom stereocenters. The van der Waals surface area contributed by atoms with E-state index in [1.807, 2.05) is 37.8 Å². The first kappa shape index (κ1) is 17.4. The Kier molecular flexibility index (Phi) is 4.64. The first-order chi connectivity index (χ1) is 12.6. The summed E-state index contributed by atoms with van der Waals surface area (Å²) in [5.41, 5.74) is 1.98. The van der Waals surface area contributed by atoms with E-state index in [1.54, 1.807) is 13.3 Å². The van der Waals surface area contributed by atoms with E-state index >= 15 is 0 Å². The van der Waals surface area contributed by atoms with Gasteiger partial charge in [0.05, 0.1) is 16.9 Å². The summed E-state index contributed by atoms with van der Waals surface area (Å²) in [7, 11) is 1.66. The van der Waals surface area contributed by atoms with Gasteiger partial charge in [0.1, 0.15) is 12.4 Å². The zero-order chi connectivity index (χ0) is 18.1. The van der Waals surface area contributed by atoms with E-state index in [-0.39, 0.29) is 9.53 Å². The van der Waals surface area contributed by atoms with Gasteiger partial charge in [0.15, 0.2) is 17.6 Å². The fraction of sp³-hybridized carbons (Fsp3) is 0.368. The van der Waals surface area contributed by atoms with Crippen LogP contribution in [-0.2, 0) is 20.8 Å². The minimum atomic E-state index is -0.184. The van der Waals surface area contributed by atoms with Gasteiger partial charge in [0, 0.05) is 42.8 Å². The monoisotopic (exact) mass is 465 g/mol. The van der Waals surface area contributed by atoms with Crippen LogP contribution in [-0.4, -0.2) is 31.7 Å². The van der Waals surface area contributed by atoms with Gasteiger partial charge in [-0.25, -0.2) is 4.98 Å². The number of ether oxygens (including phenoxy) is 3. The molecule has 1 aliphatic heterocycles. The van der Waals surface area contributed by atoms with Gasteiger partial charge in [-0.2, -0.15) is 0 Å². The van der Waals surface area contributed by atoms with E-state index in [2.05, 4.69) is 43.2 Å². The van der Waals surface area contributed by atoms with Crippen molar-refractivity contribution in [1.29, 1.82) is 0 Å². The molecule has 136 valence electrons. The number of aromatic nitrogens is 3. The highest BCUT2D eigenvalue weighted by molar-refractivity contribution is 14.1. The van der Waals surface area contributed by atoms with Crippen LogP contribution >= 0.6 is 22.6 Å². The largest absolute Gasteiger partial charge is 0.493 e. The first-order valence-electron chi connectivity index (χ1n) is 8.43. The van der Waals surface area contributed by atoms with E-state index < -0.39 is 0 Å². The lowest BCUT2D eigenvalue weighted by Gasteiger charge is -2.36. The van der Waals surface area contributed by atoms with Gasteiger partial charge in [-0.1, -0.05) is 28.7 Å². The van der Waals surface area contributed by atoms with E-state index in [0.717, 1.165) is 30.0 Å². The van der Waals surface area contributed by atoms with E-state index in [0.29, 0.717) is 18.1 Å². The number of halogens is 1. The highest BCUT2D eigenvalue weighted by Crippen LogP contribution is 2.44. The normalized spacial score (nSPS) is 25.0. The molecule has 2 aliphatic rings. The molecule has 0 N–H and O–H groups in total. The van der Waals surface area contributed by atoms with Crippen LogP contribution in [0.4, 0.5) is 0 Å². The molecule has 4 rings (SSSR count). The van der Waals surface area contributed by atoms with Crippen molar-refractivity contribution in [3.63, 3.8) is 0 Å². The number of rotatable bonds is 4. The van der Waals surface area contributed by atoms with Crippen LogP contribution in [0.25, 0.3) is 0 Å². The maximum absolute atomic E-state index is 6.25. The summed E-state index contributed by atoms with van der Waals surface area (Å²) in [4.78, 5) is 8.48.